The van der Waals surface area contributed by atoms with Crippen LogP contribution in [0, 0.1) is 0 Å². The van der Waals surface area contributed by atoms with E-state index in [2.05, 4.69) is 15.9 Å². The standard InChI is InChI=1S/C15H13BrO2/c1-10(15(17)18)12-7-8-13(14(16)9-12)11-5-3-2-4-6-11/h2-10H,1H3,(H,17,18). The van der Waals surface area contributed by atoms with Gasteiger partial charge in [-0.05, 0) is 29.7 Å². The van der Waals surface area contributed by atoms with Gasteiger partial charge in [0, 0.05) is 4.47 Å². The molecule has 0 saturated heterocycles. The number of aliphatic carboxylic acids is 1. The zero-order chi connectivity index (χ0) is 13.1. The number of hydrogen-bond acceptors (Lipinski definition) is 1. The van der Waals surface area contributed by atoms with Crippen LogP contribution in [0.3, 0.4) is 0 Å². The first-order valence-corrected chi connectivity index (χ1v) is 6.46. The lowest BCUT2D eigenvalue weighted by molar-refractivity contribution is -0.138. The average Bonchev–Trinajstić information content (AvgIpc) is 2.38. The second kappa shape index (κ2) is 5.36. The number of hydrogen-bond donors (Lipinski definition) is 1. The van der Waals surface area contributed by atoms with Gasteiger partial charge in [-0.1, -0.05) is 58.4 Å². The molecule has 0 saturated carbocycles. The van der Waals surface area contributed by atoms with E-state index in [4.69, 9.17) is 5.11 Å². The summed E-state index contributed by atoms with van der Waals surface area (Å²) in [7, 11) is 0. The highest BCUT2D eigenvalue weighted by atomic mass is 79.9. The Morgan fingerprint density at radius 3 is 2.39 bits per heavy atom. The van der Waals surface area contributed by atoms with Crippen LogP contribution < -0.4 is 0 Å². The predicted molar refractivity (Wildman–Crippen MR) is 75.6 cm³/mol. The summed E-state index contributed by atoms with van der Waals surface area (Å²) in [6.45, 7) is 1.69. The van der Waals surface area contributed by atoms with E-state index < -0.39 is 11.9 Å². The smallest absolute Gasteiger partial charge is 0.310 e. The zero-order valence-electron chi connectivity index (χ0n) is 9.93. The maximum Gasteiger partial charge on any atom is 0.310 e. The van der Waals surface area contributed by atoms with Crippen LogP contribution in [0.1, 0.15) is 18.4 Å². The van der Waals surface area contributed by atoms with Crippen LogP contribution in [-0.4, -0.2) is 11.1 Å². The van der Waals surface area contributed by atoms with Crippen molar-refractivity contribution in [1.82, 2.24) is 0 Å². The number of benzene rings is 2. The topological polar surface area (TPSA) is 37.3 Å². The number of carboxylic acid groups (broad SMARTS) is 1. The molecule has 1 atom stereocenters. The molecule has 2 aromatic carbocycles. The normalized spacial score (nSPS) is 12.1. The molecule has 1 unspecified atom stereocenters. The fourth-order valence-corrected chi connectivity index (χ4v) is 2.42. The summed E-state index contributed by atoms with van der Waals surface area (Å²) in [6, 6.07) is 15.7. The Morgan fingerprint density at radius 1 is 1.17 bits per heavy atom. The van der Waals surface area contributed by atoms with Crippen LogP contribution in [0.15, 0.2) is 53.0 Å². The number of rotatable bonds is 3. The highest BCUT2D eigenvalue weighted by Gasteiger charge is 2.15. The van der Waals surface area contributed by atoms with E-state index in [-0.39, 0.29) is 0 Å². The summed E-state index contributed by atoms with van der Waals surface area (Å²) in [5, 5.41) is 9.00. The van der Waals surface area contributed by atoms with Gasteiger partial charge in [0.2, 0.25) is 0 Å². The molecule has 0 radical (unpaired) electrons. The third-order valence-corrected chi connectivity index (χ3v) is 3.60. The van der Waals surface area contributed by atoms with E-state index in [0.29, 0.717) is 0 Å². The summed E-state index contributed by atoms with van der Waals surface area (Å²) in [4.78, 5) is 11.0. The average molecular weight is 305 g/mol. The molecular weight excluding hydrogens is 292 g/mol. The molecule has 18 heavy (non-hydrogen) atoms. The third kappa shape index (κ3) is 2.62. The molecule has 0 spiro atoms. The Kier molecular flexibility index (Phi) is 3.82. The summed E-state index contributed by atoms with van der Waals surface area (Å²) in [6.07, 6.45) is 0. The number of carbonyl (C=O) groups is 1. The Hall–Kier alpha value is -1.61. The first-order chi connectivity index (χ1) is 8.59. The van der Waals surface area contributed by atoms with Gasteiger partial charge in [-0.25, -0.2) is 0 Å². The molecule has 0 aliphatic rings. The molecule has 0 heterocycles. The summed E-state index contributed by atoms with van der Waals surface area (Å²) >= 11 is 3.51. The van der Waals surface area contributed by atoms with Crippen LogP contribution in [0.2, 0.25) is 0 Å². The fourth-order valence-electron chi connectivity index (χ4n) is 1.80. The van der Waals surface area contributed by atoms with Crippen molar-refractivity contribution in [3.05, 3.63) is 58.6 Å². The Labute approximate surface area is 114 Å². The van der Waals surface area contributed by atoms with E-state index in [1.165, 1.54) is 0 Å². The highest BCUT2D eigenvalue weighted by molar-refractivity contribution is 9.10. The minimum atomic E-state index is -0.811. The number of carboxylic acids is 1. The highest BCUT2D eigenvalue weighted by Crippen LogP contribution is 2.31. The molecule has 0 fully saturated rings. The monoisotopic (exact) mass is 304 g/mol. The first kappa shape index (κ1) is 12.8. The van der Waals surface area contributed by atoms with Gasteiger partial charge in [-0.2, -0.15) is 0 Å². The molecule has 2 aromatic rings. The lowest BCUT2D eigenvalue weighted by Gasteiger charge is -2.10. The summed E-state index contributed by atoms with van der Waals surface area (Å²) in [5.41, 5.74) is 2.98. The van der Waals surface area contributed by atoms with Gasteiger partial charge < -0.3 is 5.11 Å². The second-order valence-corrected chi connectivity index (χ2v) is 5.02. The van der Waals surface area contributed by atoms with Crippen molar-refractivity contribution >= 4 is 21.9 Å². The van der Waals surface area contributed by atoms with Gasteiger partial charge in [-0.3, -0.25) is 4.79 Å². The number of halogens is 1. The molecular formula is C15H13BrO2. The van der Waals surface area contributed by atoms with Crippen molar-refractivity contribution in [3.8, 4) is 11.1 Å². The van der Waals surface area contributed by atoms with Gasteiger partial charge >= 0.3 is 5.97 Å². The Morgan fingerprint density at radius 2 is 1.83 bits per heavy atom. The van der Waals surface area contributed by atoms with E-state index in [1.807, 2.05) is 48.5 Å². The summed E-state index contributed by atoms with van der Waals surface area (Å²) in [5.74, 6) is -1.31. The molecule has 1 N–H and O–H groups in total. The van der Waals surface area contributed by atoms with Gasteiger partial charge in [0.15, 0.2) is 0 Å². The van der Waals surface area contributed by atoms with Crippen LogP contribution in [-0.2, 0) is 4.79 Å². The molecule has 3 heteroatoms. The van der Waals surface area contributed by atoms with E-state index in [0.717, 1.165) is 21.2 Å². The predicted octanol–water partition coefficient (Wildman–Crippen LogP) is 4.30. The molecule has 0 bridgehead atoms. The van der Waals surface area contributed by atoms with Crippen molar-refractivity contribution < 1.29 is 9.90 Å². The van der Waals surface area contributed by atoms with E-state index in [9.17, 15) is 4.79 Å². The van der Waals surface area contributed by atoms with Crippen molar-refractivity contribution in [2.75, 3.05) is 0 Å². The summed E-state index contributed by atoms with van der Waals surface area (Å²) < 4.78 is 0.916. The van der Waals surface area contributed by atoms with Crippen molar-refractivity contribution in [2.45, 2.75) is 12.8 Å². The maximum atomic E-state index is 11.0. The van der Waals surface area contributed by atoms with Crippen LogP contribution in [0.4, 0.5) is 0 Å². The van der Waals surface area contributed by atoms with Crippen LogP contribution in [0.5, 0.6) is 0 Å². The minimum Gasteiger partial charge on any atom is -0.481 e. The molecule has 2 nitrogen and oxygen atoms in total. The van der Waals surface area contributed by atoms with E-state index in [1.54, 1.807) is 6.92 Å². The largest absolute Gasteiger partial charge is 0.481 e. The Bertz CT molecular complexity index is 564. The van der Waals surface area contributed by atoms with Crippen LogP contribution in [0.25, 0.3) is 11.1 Å². The minimum absolute atomic E-state index is 0.494. The van der Waals surface area contributed by atoms with Crippen molar-refractivity contribution in [3.63, 3.8) is 0 Å². The first-order valence-electron chi connectivity index (χ1n) is 5.67. The maximum absolute atomic E-state index is 11.0. The molecule has 0 aromatic heterocycles. The molecule has 92 valence electrons. The van der Waals surface area contributed by atoms with Crippen molar-refractivity contribution in [1.29, 1.82) is 0 Å². The van der Waals surface area contributed by atoms with E-state index >= 15 is 0 Å². The lowest BCUT2D eigenvalue weighted by Crippen LogP contribution is -2.07. The Balaban J connectivity index is 2.40. The molecule has 0 aliphatic carbocycles. The quantitative estimate of drug-likeness (QED) is 0.917. The van der Waals surface area contributed by atoms with Gasteiger partial charge in [-0.15, -0.1) is 0 Å². The third-order valence-electron chi connectivity index (χ3n) is 2.95. The zero-order valence-corrected chi connectivity index (χ0v) is 11.5. The van der Waals surface area contributed by atoms with Gasteiger partial charge in [0.1, 0.15) is 0 Å². The molecule has 0 amide bonds. The van der Waals surface area contributed by atoms with Crippen LogP contribution >= 0.6 is 15.9 Å². The second-order valence-electron chi connectivity index (χ2n) is 4.17. The lowest BCUT2D eigenvalue weighted by atomic mass is 9.98. The molecule has 2 rings (SSSR count). The van der Waals surface area contributed by atoms with Gasteiger partial charge in [0.25, 0.3) is 0 Å². The van der Waals surface area contributed by atoms with Gasteiger partial charge in [0.05, 0.1) is 5.92 Å². The SMILES string of the molecule is CC(C(=O)O)c1ccc(-c2ccccc2)c(Br)c1. The fraction of sp³-hybridized carbons (Fsp3) is 0.133. The van der Waals surface area contributed by atoms with Crippen molar-refractivity contribution in [2.24, 2.45) is 0 Å². The molecule has 0 aliphatic heterocycles.